The number of piperidine rings is 1. The predicted octanol–water partition coefficient (Wildman–Crippen LogP) is 5.96. The summed E-state index contributed by atoms with van der Waals surface area (Å²) in [7, 11) is 0. The number of imide groups is 1. The Kier molecular flexibility index (Phi) is 11.1. The van der Waals surface area contributed by atoms with Gasteiger partial charge in [0.15, 0.2) is 5.82 Å². The van der Waals surface area contributed by atoms with Crippen LogP contribution in [0.1, 0.15) is 101 Å². The maximum absolute atomic E-state index is 13.2. The highest BCUT2D eigenvalue weighted by atomic mass is 35.5. The molecule has 15 heteroatoms. The zero-order valence-corrected chi connectivity index (χ0v) is 32.4. The van der Waals surface area contributed by atoms with Gasteiger partial charge in [-0.25, -0.2) is 4.99 Å². The van der Waals surface area contributed by atoms with Crippen molar-refractivity contribution in [2.24, 2.45) is 4.99 Å². The summed E-state index contributed by atoms with van der Waals surface area (Å²) >= 11 is 7.85. The lowest BCUT2D eigenvalue weighted by molar-refractivity contribution is -0.137. The summed E-state index contributed by atoms with van der Waals surface area (Å²) in [5, 5.41) is 18.6. The van der Waals surface area contributed by atoms with Gasteiger partial charge in [0.2, 0.25) is 23.6 Å². The number of halogens is 1. The van der Waals surface area contributed by atoms with Crippen LogP contribution in [0.25, 0.3) is 10.7 Å². The van der Waals surface area contributed by atoms with E-state index in [1.165, 1.54) is 11.0 Å². The molecule has 0 spiro atoms. The number of amides is 5. The summed E-state index contributed by atoms with van der Waals surface area (Å²) in [4.78, 5) is 70.8. The molecule has 1 unspecified atom stereocenters. The number of aryl methyl sites for hydroxylation is 2. The molecule has 0 saturated carbocycles. The molecule has 55 heavy (non-hydrogen) atoms. The van der Waals surface area contributed by atoms with Crippen molar-refractivity contribution in [3.63, 3.8) is 0 Å². The largest absolute Gasteiger partial charge is 0.352 e. The van der Waals surface area contributed by atoms with Crippen LogP contribution in [0.3, 0.4) is 0 Å². The molecule has 1 fully saturated rings. The first-order chi connectivity index (χ1) is 26.5. The van der Waals surface area contributed by atoms with Crippen LogP contribution >= 0.6 is 22.9 Å². The van der Waals surface area contributed by atoms with E-state index in [2.05, 4.69) is 40.0 Å². The van der Waals surface area contributed by atoms with Crippen LogP contribution in [0.4, 0.5) is 5.69 Å². The molecule has 4 aromatic rings. The molecular weight excluding hydrogens is 740 g/mol. The molecule has 0 bridgehead atoms. The molecule has 0 aliphatic carbocycles. The van der Waals surface area contributed by atoms with Crippen LogP contribution < -0.4 is 16.0 Å². The summed E-state index contributed by atoms with van der Waals surface area (Å²) in [6, 6.07) is 12.0. The van der Waals surface area contributed by atoms with Gasteiger partial charge in [0.05, 0.1) is 5.71 Å². The molecule has 3 aliphatic rings. The lowest BCUT2D eigenvalue weighted by Gasteiger charge is -2.29. The number of carbonyl (C=O) groups excluding carboxylic acids is 5. The van der Waals surface area contributed by atoms with Gasteiger partial charge in [0.1, 0.15) is 22.6 Å². The molecule has 2 aromatic carbocycles. The average Bonchev–Trinajstić information content (AvgIpc) is 3.77. The fraction of sp³-hybridized carbons (Fsp3) is 0.350. The van der Waals surface area contributed by atoms with E-state index < -0.39 is 11.9 Å². The second kappa shape index (κ2) is 16.1. The van der Waals surface area contributed by atoms with Gasteiger partial charge in [-0.15, -0.1) is 21.5 Å². The maximum atomic E-state index is 13.2. The Morgan fingerprint density at radius 2 is 1.76 bits per heavy atom. The first-order valence-corrected chi connectivity index (χ1v) is 19.6. The number of thiophene rings is 1. The van der Waals surface area contributed by atoms with Gasteiger partial charge in [-0.1, -0.05) is 49.1 Å². The fourth-order valence-electron chi connectivity index (χ4n) is 7.20. The van der Waals surface area contributed by atoms with E-state index in [1.807, 2.05) is 35.8 Å². The van der Waals surface area contributed by atoms with Crippen molar-refractivity contribution < 1.29 is 24.0 Å². The van der Waals surface area contributed by atoms with Crippen LogP contribution in [0, 0.1) is 20.8 Å². The Morgan fingerprint density at radius 3 is 2.55 bits per heavy atom. The second-order valence-electron chi connectivity index (χ2n) is 14.0. The summed E-state index contributed by atoms with van der Waals surface area (Å²) in [5.41, 5.74) is 5.82. The van der Waals surface area contributed by atoms with E-state index >= 15 is 0 Å². The number of nitrogens with one attached hydrogen (secondary N) is 3. The van der Waals surface area contributed by atoms with E-state index in [0.29, 0.717) is 58.6 Å². The highest BCUT2D eigenvalue weighted by molar-refractivity contribution is 7.15. The zero-order chi connectivity index (χ0) is 38.8. The monoisotopic (exact) mass is 780 g/mol. The minimum absolute atomic E-state index is 0.146. The number of nitrogens with zero attached hydrogens (tertiary/aromatic N) is 5. The molecule has 5 amide bonds. The van der Waals surface area contributed by atoms with Crippen molar-refractivity contribution in [1.29, 1.82) is 0 Å². The van der Waals surface area contributed by atoms with Crippen LogP contribution in [0.5, 0.6) is 0 Å². The van der Waals surface area contributed by atoms with E-state index in [0.717, 1.165) is 58.0 Å². The third kappa shape index (κ3) is 7.87. The van der Waals surface area contributed by atoms with Gasteiger partial charge in [0, 0.05) is 69.8 Å². The summed E-state index contributed by atoms with van der Waals surface area (Å²) in [6.45, 7) is 6.73. The number of aliphatic imine (C=N–C) groups is 1. The number of anilines is 1. The maximum Gasteiger partial charge on any atom is 0.255 e. The lowest BCUT2D eigenvalue weighted by atomic mass is 10.00. The Morgan fingerprint density at radius 1 is 1.00 bits per heavy atom. The lowest BCUT2D eigenvalue weighted by Crippen LogP contribution is -2.52. The van der Waals surface area contributed by atoms with Crippen molar-refractivity contribution in [2.45, 2.75) is 84.7 Å². The van der Waals surface area contributed by atoms with Gasteiger partial charge in [-0.3, -0.25) is 33.9 Å². The third-order valence-electron chi connectivity index (χ3n) is 10.2. The minimum Gasteiger partial charge on any atom is -0.352 e. The number of fused-ring (bicyclic) bond motifs is 4. The van der Waals surface area contributed by atoms with Gasteiger partial charge < -0.3 is 15.5 Å². The Bertz CT molecular complexity index is 2270. The second-order valence-corrected chi connectivity index (χ2v) is 15.6. The highest BCUT2D eigenvalue weighted by Gasteiger charge is 2.40. The first-order valence-electron chi connectivity index (χ1n) is 18.4. The fourth-order valence-corrected chi connectivity index (χ4v) is 8.53. The number of carbonyl (C=O) groups is 5. The molecule has 7 rings (SSSR count). The van der Waals surface area contributed by atoms with Crippen molar-refractivity contribution in [3.8, 4) is 5.00 Å². The first kappa shape index (κ1) is 37.8. The molecule has 1 atom stereocenters. The Hall–Kier alpha value is -5.47. The molecule has 3 N–H and O–H groups in total. The molecule has 284 valence electrons. The van der Waals surface area contributed by atoms with Crippen LogP contribution in [-0.2, 0) is 25.7 Å². The SMILES string of the molecule is Cc1sc2c(c1C)C(c1ccc(Cl)cc1)=N/C(=C\C(=O)NCCCCCCCC(=O)Nc1cccc3c1CN(C1CCC(=O)NC1=O)C3=O)c1nnc(C)n1-2. The summed E-state index contributed by atoms with van der Waals surface area (Å²) in [6.07, 6.45) is 6.37. The number of unbranched alkanes of at least 4 members (excludes halogenated alkanes) is 4. The highest BCUT2D eigenvalue weighted by Crippen LogP contribution is 2.39. The smallest absolute Gasteiger partial charge is 0.255 e. The molecule has 3 aliphatic heterocycles. The van der Waals surface area contributed by atoms with E-state index in [4.69, 9.17) is 16.6 Å². The van der Waals surface area contributed by atoms with Crippen molar-refractivity contribution in [3.05, 3.63) is 97.9 Å². The molecule has 5 heterocycles. The van der Waals surface area contributed by atoms with Crippen molar-refractivity contribution >= 4 is 69.6 Å². The van der Waals surface area contributed by atoms with Crippen molar-refractivity contribution in [2.75, 3.05) is 11.9 Å². The average molecular weight is 781 g/mol. The molecule has 0 radical (unpaired) electrons. The number of aromatic nitrogens is 3. The number of benzene rings is 2. The number of hydrogen-bond donors (Lipinski definition) is 3. The third-order valence-corrected chi connectivity index (χ3v) is 11.7. The van der Waals surface area contributed by atoms with Gasteiger partial charge in [-0.05, 0) is 69.9 Å². The zero-order valence-electron chi connectivity index (χ0n) is 30.8. The summed E-state index contributed by atoms with van der Waals surface area (Å²) in [5.74, 6) is -0.306. The van der Waals surface area contributed by atoms with Gasteiger partial charge >= 0.3 is 0 Å². The van der Waals surface area contributed by atoms with E-state index in [1.54, 1.807) is 29.5 Å². The number of rotatable bonds is 12. The predicted molar refractivity (Wildman–Crippen MR) is 210 cm³/mol. The molecular formula is C40H41ClN8O5S. The topological polar surface area (TPSA) is 168 Å². The quantitative estimate of drug-likeness (QED) is 0.0907. The van der Waals surface area contributed by atoms with Crippen LogP contribution in [-0.4, -0.2) is 67.5 Å². The van der Waals surface area contributed by atoms with E-state index in [9.17, 15) is 24.0 Å². The Labute approximate surface area is 327 Å². The molecule has 2 aromatic heterocycles. The molecule has 13 nitrogen and oxygen atoms in total. The van der Waals surface area contributed by atoms with Crippen LogP contribution in [0.15, 0.2) is 53.5 Å². The Balaban J connectivity index is 0.892. The standard InChI is InChI=1S/C40H41ClN8O5S/c1-22-23(2)55-40-35(22)36(25-13-15-26(41)16-14-25)44-30(37-47-46-24(3)49(37)40)20-34(52)42-19-8-6-4-5-7-12-32(50)43-29-11-9-10-27-28(29)21-48(39(27)54)31-17-18-33(51)45-38(31)53/h9-11,13-16,20,31H,4-8,12,17-19,21H2,1-3H3,(H,42,52)(H,43,50)(H,45,51,53)/b30-20-. The minimum atomic E-state index is -0.715. The molecule has 1 saturated heterocycles. The van der Waals surface area contributed by atoms with Crippen LogP contribution in [0.2, 0.25) is 5.02 Å². The normalized spacial score (nSPS) is 17.0. The van der Waals surface area contributed by atoms with Gasteiger partial charge in [0.25, 0.3) is 5.91 Å². The summed E-state index contributed by atoms with van der Waals surface area (Å²) < 4.78 is 1.97. The van der Waals surface area contributed by atoms with Crippen molar-refractivity contribution in [1.82, 2.24) is 30.3 Å². The number of hydrogen-bond acceptors (Lipinski definition) is 9. The van der Waals surface area contributed by atoms with E-state index in [-0.39, 0.29) is 43.0 Å². The van der Waals surface area contributed by atoms with Gasteiger partial charge in [-0.2, -0.15) is 0 Å².